The van der Waals surface area contributed by atoms with Gasteiger partial charge < -0.3 is 5.11 Å². The molecule has 0 aliphatic carbocycles. The number of rotatable bonds is 1. The minimum atomic E-state index is -0.827. The summed E-state index contributed by atoms with van der Waals surface area (Å²) < 4.78 is 0. The Balaban J connectivity index is 2.58. The number of aromatic hydroxyl groups is 1. The molecule has 0 saturated carbocycles. The van der Waals surface area contributed by atoms with Crippen molar-refractivity contribution >= 4 is 18.0 Å². The van der Waals surface area contributed by atoms with Gasteiger partial charge in [0.1, 0.15) is 5.75 Å². The first kappa shape index (κ1) is 21.0. The average molecular weight is 374 g/mol. The average Bonchev–Trinajstić information content (AvgIpc) is 2.80. The first-order valence-electron chi connectivity index (χ1n) is 9.13. The van der Waals surface area contributed by atoms with Crippen LogP contribution < -0.4 is 5.48 Å². The van der Waals surface area contributed by atoms with Gasteiger partial charge in [0.15, 0.2) is 0 Å². The molecule has 0 spiro atoms. The third kappa shape index (κ3) is 4.16. The Labute approximate surface area is 160 Å². The van der Waals surface area contributed by atoms with Gasteiger partial charge in [0.05, 0.1) is 0 Å². The Bertz CT molecular complexity index is 762. The number of hydroxylamine groups is 1. The summed E-state index contributed by atoms with van der Waals surface area (Å²) in [4.78, 5) is 25.3. The highest BCUT2D eigenvalue weighted by molar-refractivity contribution is 6.08. The second-order valence-electron chi connectivity index (χ2n) is 9.28. The molecule has 1 aromatic carbocycles. The van der Waals surface area contributed by atoms with Gasteiger partial charge in [-0.15, -0.1) is 0 Å². The van der Waals surface area contributed by atoms with Gasteiger partial charge in [0.2, 0.25) is 0 Å². The fraction of sp³-hybridized carbons (Fsp3) is 0.524. The van der Waals surface area contributed by atoms with Crippen LogP contribution in [0.25, 0.3) is 6.08 Å². The molecule has 6 heteroatoms. The van der Waals surface area contributed by atoms with Crippen LogP contribution in [0.5, 0.6) is 5.75 Å². The lowest BCUT2D eigenvalue weighted by molar-refractivity contribution is -0.123. The summed E-state index contributed by atoms with van der Waals surface area (Å²) in [6.07, 6.45) is 2.18. The SMILES string of the molecule is CC1C/C(=C/c2cc(C(C)(C)C)c(O)c(C(C)(C)C)c2)C(=O)N1C(=O)NO. The third-order valence-electron chi connectivity index (χ3n) is 4.85. The molecule has 1 aliphatic heterocycles. The predicted molar refractivity (Wildman–Crippen MR) is 105 cm³/mol. The Hall–Kier alpha value is -2.34. The summed E-state index contributed by atoms with van der Waals surface area (Å²) in [6, 6.07) is 2.62. The number of hydrogen-bond acceptors (Lipinski definition) is 4. The smallest absolute Gasteiger partial charge is 0.348 e. The maximum absolute atomic E-state index is 12.6. The molecule has 3 N–H and O–H groups in total. The molecule has 3 amide bonds. The second kappa shape index (κ2) is 7.00. The summed E-state index contributed by atoms with van der Waals surface area (Å²) in [7, 11) is 0. The number of hydrogen-bond donors (Lipinski definition) is 3. The van der Waals surface area contributed by atoms with E-state index in [-0.39, 0.29) is 22.6 Å². The standard InChI is InChI=1S/C21H30N2O4/c1-12-8-14(18(25)23(12)19(26)22-27)9-13-10-15(20(2,3)4)17(24)16(11-13)21(5,6)7/h9-12,24,27H,8H2,1-7H3,(H,22,26)/b14-9-. The molecule has 1 saturated heterocycles. The van der Waals surface area contributed by atoms with Crippen molar-refractivity contribution in [3.63, 3.8) is 0 Å². The number of urea groups is 1. The van der Waals surface area contributed by atoms with E-state index in [4.69, 9.17) is 5.21 Å². The van der Waals surface area contributed by atoms with E-state index in [1.54, 1.807) is 13.0 Å². The van der Waals surface area contributed by atoms with Crippen LogP contribution in [-0.4, -0.2) is 33.2 Å². The highest BCUT2D eigenvalue weighted by Gasteiger charge is 2.37. The Kier molecular flexibility index (Phi) is 5.44. The van der Waals surface area contributed by atoms with Crippen molar-refractivity contribution in [1.82, 2.24) is 10.4 Å². The Morgan fingerprint density at radius 1 is 1.15 bits per heavy atom. The van der Waals surface area contributed by atoms with Crippen LogP contribution in [0, 0.1) is 0 Å². The van der Waals surface area contributed by atoms with E-state index in [2.05, 4.69) is 0 Å². The van der Waals surface area contributed by atoms with Gasteiger partial charge in [0, 0.05) is 22.7 Å². The molecule has 1 aromatic rings. The second-order valence-corrected chi connectivity index (χ2v) is 9.28. The van der Waals surface area contributed by atoms with Crippen molar-refractivity contribution in [2.24, 2.45) is 0 Å². The number of benzene rings is 1. The van der Waals surface area contributed by atoms with Crippen LogP contribution in [-0.2, 0) is 15.6 Å². The van der Waals surface area contributed by atoms with E-state index in [0.717, 1.165) is 21.6 Å². The zero-order valence-corrected chi connectivity index (χ0v) is 17.2. The zero-order valence-electron chi connectivity index (χ0n) is 17.2. The van der Waals surface area contributed by atoms with Crippen molar-refractivity contribution in [2.75, 3.05) is 0 Å². The van der Waals surface area contributed by atoms with Gasteiger partial charge in [0.25, 0.3) is 5.91 Å². The third-order valence-corrected chi connectivity index (χ3v) is 4.85. The van der Waals surface area contributed by atoms with Gasteiger partial charge >= 0.3 is 6.03 Å². The lowest BCUT2D eigenvalue weighted by Gasteiger charge is -2.28. The summed E-state index contributed by atoms with van der Waals surface area (Å²) in [5.74, 6) is -0.138. The van der Waals surface area contributed by atoms with Crippen LogP contribution in [0.4, 0.5) is 4.79 Å². The largest absolute Gasteiger partial charge is 0.507 e. The molecule has 1 atom stereocenters. The molecule has 0 radical (unpaired) electrons. The highest BCUT2D eigenvalue weighted by Crippen LogP contribution is 2.40. The van der Waals surface area contributed by atoms with Crippen molar-refractivity contribution in [1.29, 1.82) is 0 Å². The van der Waals surface area contributed by atoms with E-state index < -0.39 is 11.9 Å². The Morgan fingerprint density at radius 3 is 2.04 bits per heavy atom. The van der Waals surface area contributed by atoms with Crippen molar-refractivity contribution in [3.05, 3.63) is 34.4 Å². The normalized spacial score (nSPS) is 19.7. The number of imide groups is 1. The quantitative estimate of drug-likeness (QED) is 0.392. The lowest BCUT2D eigenvalue weighted by Crippen LogP contribution is -2.43. The molecule has 148 valence electrons. The van der Waals surface area contributed by atoms with E-state index in [1.165, 1.54) is 5.48 Å². The van der Waals surface area contributed by atoms with E-state index in [1.807, 2.05) is 53.7 Å². The van der Waals surface area contributed by atoms with Crippen LogP contribution in [0.15, 0.2) is 17.7 Å². The monoisotopic (exact) mass is 374 g/mol. The first-order valence-corrected chi connectivity index (χ1v) is 9.13. The number of nitrogens with one attached hydrogen (secondary N) is 1. The number of nitrogens with zero attached hydrogens (tertiary/aromatic N) is 1. The fourth-order valence-corrected chi connectivity index (χ4v) is 3.40. The van der Waals surface area contributed by atoms with Gasteiger partial charge in [-0.2, -0.15) is 0 Å². The minimum Gasteiger partial charge on any atom is -0.507 e. The van der Waals surface area contributed by atoms with Crippen LogP contribution in [0.2, 0.25) is 0 Å². The van der Waals surface area contributed by atoms with Gasteiger partial charge in [-0.25, -0.2) is 10.3 Å². The molecule has 6 nitrogen and oxygen atoms in total. The van der Waals surface area contributed by atoms with Crippen molar-refractivity contribution in [2.45, 2.75) is 71.8 Å². The Morgan fingerprint density at radius 2 is 1.63 bits per heavy atom. The molecule has 2 rings (SSSR count). The number of likely N-dealkylation sites (tertiary alicyclic amines) is 1. The van der Waals surface area contributed by atoms with Crippen LogP contribution in [0.1, 0.15) is 71.6 Å². The molecule has 27 heavy (non-hydrogen) atoms. The first-order chi connectivity index (χ1) is 12.3. The van der Waals surface area contributed by atoms with Gasteiger partial charge in [-0.3, -0.25) is 14.9 Å². The molecular weight excluding hydrogens is 344 g/mol. The van der Waals surface area contributed by atoms with Crippen molar-refractivity contribution in [3.8, 4) is 5.75 Å². The lowest BCUT2D eigenvalue weighted by atomic mass is 9.78. The van der Waals surface area contributed by atoms with Crippen LogP contribution in [0.3, 0.4) is 0 Å². The van der Waals surface area contributed by atoms with Crippen molar-refractivity contribution < 1.29 is 19.9 Å². The topological polar surface area (TPSA) is 89.9 Å². The molecular formula is C21H30N2O4. The highest BCUT2D eigenvalue weighted by atomic mass is 16.5. The molecule has 1 aliphatic rings. The fourth-order valence-electron chi connectivity index (χ4n) is 3.40. The van der Waals surface area contributed by atoms with E-state index in [9.17, 15) is 14.7 Å². The van der Waals surface area contributed by atoms with Gasteiger partial charge in [-0.1, -0.05) is 41.5 Å². The number of amides is 3. The summed E-state index contributed by atoms with van der Waals surface area (Å²) >= 11 is 0. The molecule has 0 bridgehead atoms. The summed E-state index contributed by atoms with van der Waals surface area (Å²) in [5.41, 5.74) is 3.91. The zero-order chi connectivity index (χ0) is 20.7. The van der Waals surface area contributed by atoms with Crippen LogP contribution >= 0.6 is 0 Å². The maximum atomic E-state index is 12.6. The van der Waals surface area contributed by atoms with Gasteiger partial charge in [-0.05, 0) is 47.9 Å². The summed E-state index contributed by atoms with van der Waals surface area (Å²) in [5, 5.41) is 19.7. The predicted octanol–water partition coefficient (Wildman–Crippen LogP) is 4.09. The molecule has 1 heterocycles. The number of phenols is 1. The number of phenolic OH excluding ortho intramolecular Hbond substituents is 1. The number of carbonyl (C=O) groups is 2. The van der Waals surface area contributed by atoms with E-state index in [0.29, 0.717) is 12.0 Å². The molecule has 0 aromatic heterocycles. The molecule has 1 unspecified atom stereocenters. The number of carbonyl (C=O) groups excluding carboxylic acids is 2. The van der Waals surface area contributed by atoms with E-state index >= 15 is 0 Å². The molecule has 1 fully saturated rings. The summed E-state index contributed by atoms with van der Waals surface area (Å²) in [6.45, 7) is 13.9. The maximum Gasteiger partial charge on any atom is 0.348 e. The minimum absolute atomic E-state index is 0.269.